The fraction of sp³-hybridized carbons (Fsp3) is 0.417. The van der Waals surface area contributed by atoms with Crippen molar-refractivity contribution in [3.05, 3.63) is 34.9 Å². The van der Waals surface area contributed by atoms with Crippen molar-refractivity contribution >= 4 is 17.5 Å². The lowest BCUT2D eigenvalue weighted by Crippen LogP contribution is -2.41. The summed E-state index contributed by atoms with van der Waals surface area (Å²) in [4.78, 5) is 11.6. The molecule has 0 aromatic heterocycles. The van der Waals surface area contributed by atoms with Crippen LogP contribution in [0.25, 0.3) is 0 Å². The smallest absolute Gasteiger partial charge is 0.237 e. The molecule has 3 nitrogen and oxygen atoms in total. The number of amides is 1. The van der Waals surface area contributed by atoms with Crippen molar-refractivity contribution in [3.8, 4) is 0 Å². The van der Waals surface area contributed by atoms with Gasteiger partial charge in [-0.1, -0.05) is 30.7 Å². The van der Waals surface area contributed by atoms with Crippen molar-refractivity contribution in [2.75, 3.05) is 0 Å². The standard InChI is InChI=1S/C12H17ClN2O/c1-3-11(14)12(16)15-8(2)9-5-4-6-10(13)7-9/h4-8,11H,3,14H2,1-2H3,(H,15,16)/t8-,11+/m1/s1. The molecular weight excluding hydrogens is 224 g/mol. The van der Waals surface area contributed by atoms with Crippen molar-refractivity contribution in [1.29, 1.82) is 0 Å². The van der Waals surface area contributed by atoms with E-state index in [-0.39, 0.29) is 11.9 Å². The van der Waals surface area contributed by atoms with Gasteiger partial charge in [0.2, 0.25) is 5.91 Å². The molecule has 0 aliphatic rings. The van der Waals surface area contributed by atoms with Crippen LogP contribution in [0.1, 0.15) is 31.9 Å². The van der Waals surface area contributed by atoms with Crippen LogP contribution in [-0.4, -0.2) is 11.9 Å². The third kappa shape index (κ3) is 3.51. The summed E-state index contributed by atoms with van der Waals surface area (Å²) in [5, 5.41) is 3.52. The average Bonchev–Trinajstić information content (AvgIpc) is 2.27. The number of carbonyl (C=O) groups excluding carboxylic acids is 1. The minimum atomic E-state index is -0.443. The van der Waals surface area contributed by atoms with Crippen molar-refractivity contribution < 1.29 is 4.79 Å². The number of halogens is 1. The third-order valence-corrected chi connectivity index (χ3v) is 2.72. The SMILES string of the molecule is CC[C@H](N)C(=O)N[C@H](C)c1cccc(Cl)c1. The molecule has 1 amide bonds. The molecule has 2 atom stereocenters. The first kappa shape index (κ1) is 13.0. The number of hydrogen-bond donors (Lipinski definition) is 2. The Morgan fingerprint density at radius 3 is 2.81 bits per heavy atom. The highest BCUT2D eigenvalue weighted by atomic mass is 35.5. The molecule has 16 heavy (non-hydrogen) atoms. The molecule has 0 fully saturated rings. The second-order valence-corrected chi connectivity index (χ2v) is 4.24. The number of rotatable bonds is 4. The first-order chi connectivity index (χ1) is 7.54. The van der Waals surface area contributed by atoms with E-state index in [0.29, 0.717) is 11.4 Å². The highest BCUT2D eigenvalue weighted by molar-refractivity contribution is 6.30. The van der Waals surface area contributed by atoms with Crippen molar-refractivity contribution in [2.24, 2.45) is 5.73 Å². The number of nitrogens with two attached hydrogens (primary N) is 1. The molecule has 3 N–H and O–H groups in total. The van der Waals surface area contributed by atoms with E-state index in [9.17, 15) is 4.79 Å². The zero-order valence-corrected chi connectivity index (χ0v) is 10.3. The lowest BCUT2D eigenvalue weighted by molar-refractivity contribution is -0.123. The Morgan fingerprint density at radius 2 is 2.25 bits per heavy atom. The molecule has 0 aliphatic heterocycles. The number of carbonyl (C=O) groups is 1. The molecule has 0 unspecified atom stereocenters. The second kappa shape index (κ2) is 5.87. The minimum Gasteiger partial charge on any atom is -0.348 e. The van der Waals surface area contributed by atoms with Gasteiger partial charge in [-0.15, -0.1) is 0 Å². The van der Waals surface area contributed by atoms with Gasteiger partial charge in [-0.3, -0.25) is 4.79 Å². The van der Waals surface area contributed by atoms with E-state index in [1.165, 1.54) is 0 Å². The van der Waals surface area contributed by atoms with E-state index >= 15 is 0 Å². The largest absolute Gasteiger partial charge is 0.348 e. The van der Waals surface area contributed by atoms with Gasteiger partial charge in [-0.25, -0.2) is 0 Å². The van der Waals surface area contributed by atoms with Gasteiger partial charge in [0.05, 0.1) is 12.1 Å². The Kier molecular flexibility index (Phi) is 4.77. The van der Waals surface area contributed by atoms with Crippen LogP contribution in [-0.2, 0) is 4.79 Å². The Morgan fingerprint density at radius 1 is 1.56 bits per heavy atom. The lowest BCUT2D eigenvalue weighted by atomic mass is 10.1. The van der Waals surface area contributed by atoms with E-state index in [0.717, 1.165) is 5.56 Å². The van der Waals surface area contributed by atoms with E-state index < -0.39 is 6.04 Å². The highest BCUT2D eigenvalue weighted by Gasteiger charge is 2.14. The molecule has 0 saturated carbocycles. The predicted octanol–water partition coefficient (Wildman–Crippen LogP) is 2.25. The Labute approximate surface area is 101 Å². The summed E-state index contributed by atoms with van der Waals surface area (Å²) < 4.78 is 0. The molecule has 1 aromatic rings. The summed E-state index contributed by atoms with van der Waals surface area (Å²) in [7, 11) is 0. The quantitative estimate of drug-likeness (QED) is 0.848. The summed E-state index contributed by atoms with van der Waals surface area (Å²) >= 11 is 5.88. The molecule has 0 saturated heterocycles. The number of benzene rings is 1. The van der Waals surface area contributed by atoms with E-state index in [1.54, 1.807) is 6.07 Å². The van der Waals surface area contributed by atoms with Gasteiger partial charge in [0.25, 0.3) is 0 Å². The van der Waals surface area contributed by atoms with E-state index in [2.05, 4.69) is 5.32 Å². The normalized spacial score (nSPS) is 14.2. The highest BCUT2D eigenvalue weighted by Crippen LogP contribution is 2.17. The predicted molar refractivity (Wildman–Crippen MR) is 66.3 cm³/mol. The van der Waals surface area contributed by atoms with Gasteiger partial charge >= 0.3 is 0 Å². The first-order valence-electron chi connectivity index (χ1n) is 5.36. The molecule has 1 rings (SSSR count). The van der Waals surface area contributed by atoms with Crippen molar-refractivity contribution in [3.63, 3.8) is 0 Å². The minimum absolute atomic E-state index is 0.0798. The fourth-order valence-corrected chi connectivity index (χ4v) is 1.56. The Hall–Kier alpha value is -1.06. The van der Waals surface area contributed by atoms with Crippen LogP contribution in [0.5, 0.6) is 0 Å². The summed E-state index contributed by atoms with van der Waals surface area (Å²) in [6.07, 6.45) is 0.633. The number of hydrogen-bond acceptors (Lipinski definition) is 2. The third-order valence-electron chi connectivity index (χ3n) is 2.48. The average molecular weight is 241 g/mol. The van der Waals surface area contributed by atoms with Crippen molar-refractivity contribution in [2.45, 2.75) is 32.4 Å². The second-order valence-electron chi connectivity index (χ2n) is 3.80. The van der Waals surface area contributed by atoms with Gasteiger partial charge in [0.1, 0.15) is 0 Å². The lowest BCUT2D eigenvalue weighted by Gasteiger charge is -2.17. The Balaban J connectivity index is 2.65. The van der Waals surface area contributed by atoms with Crippen LogP contribution in [0.3, 0.4) is 0 Å². The monoisotopic (exact) mass is 240 g/mol. The maximum atomic E-state index is 11.6. The summed E-state index contributed by atoms with van der Waals surface area (Å²) in [5.41, 5.74) is 6.61. The van der Waals surface area contributed by atoms with Gasteiger partial charge < -0.3 is 11.1 Å². The van der Waals surface area contributed by atoms with Crippen LogP contribution in [0.2, 0.25) is 5.02 Å². The van der Waals surface area contributed by atoms with Gasteiger partial charge in [-0.2, -0.15) is 0 Å². The molecule has 0 radical (unpaired) electrons. The van der Waals surface area contributed by atoms with Crippen LogP contribution in [0.15, 0.2) is 24.3 Å². The molecule has 1 aromatic carbocycles. The molecule has 88 valence electrons. The van der Waals surface area contributed by atoms with Gasteiger partial charge in [0, 0.05) is 5.02 Å². The zero-order chi connectivity index (χ0) is 12.1. The summed E-state index contributed by atoms with van der Waals surface area (Å²) in [5.74, 6) is -0.130. The van der Waals surface area contributed by atoms with Crippen LogP contribution < -0.4 is 11.1 Å². The maximum absolute atomic E-state index is 11.6. The number of nitrogens with one attached hydrogen (secondary N) is 1. The van der Waals surface area contributed by atoms with Crippen LogP contribution in [0, 0.1) is 0 Å². The maximum Gasteiger partial charge on any atom is 0.237 e. The molecule has 0 bridgehead atoms. The summed E-state index contributed by atoms with van der Waals surface area (Å²) in [6.45, 7) is 3.79. The fourth-order valence-electron chi connectivity index (χ4n) is 1.37. The topological polar surface area (TPSA) is 55.1 Å². The van der Waals surface area contributed by atoms with Gasteiger partial charge in [-0.05, 0) is 31.0 Å². The molecular formula is C12H17ClN2O. The molecule has 0 heterocycles. The molecule has 0 aliphatic carbocycles. The van der Waals surface area contributed by atoms with E-state index in [1.807, 2.05) is 32.0 Å². The van der Waals surface area contributed by atoms with E-state index in [4.69, 9.17) is 17.3 Å². The van der Waals surface area contributed by atoms with Gasteiger partial charge in [0.15, 0.2) is 0 Å². The van der Waals surface area contributed by atoms with Crippen LogP contribution in [0.4, 0.5) is 0 Å². The molecule has 0 spiro atoms. The Bertz CT molecular complexity index is 368. The van der Waals surface area contributed by atoms with Crippen LogP contribution >= 0.6 is 11.6 Å². The summed E-state index contributed by atoms with van der Waals surface area (Å²) in [6, 6.07) is 6.90. The first-order valence-corrected chi connectivity index (χ1v) is 5.73. The molecule has 4 heteroatoms. The van der Waals surface area contributed by atoms with Crippen molar-refractivity contribution in [1.82, 2.24) is 5.32 Å². The zero-order valence-electron chi connectivity index (χ0n) is 9.53.